The number of nitrogens with zero attached hydrogens (tertiary/aromatic N) is 2. The average Bonchev–Trinajstić information content (AvgIpc) is 3.28. The van der Waals surface area contributed by atoms with Crippen LogP contribution >= 0.6 is 34.7 Å². The molecule has 0 fully saturated rings. The standard InChI is InChI=1S/C23H16ClFN4O2S2/c24-15-10-11-18(16(12-15)21(31)14-6-2-1-3-7-14)26-20(30)13-32-23-29-28-22(33-23)27-19-9-5-4-8-17(19)25/h1-12H,13H2,(H,26,30)(H,27,28). The van der Waals surface area contributed by atoms with Crippen molar-refractivity contribution in [3.8, 4) is 0 Å². The smallest absolute Gasteiger partial charge is 0.234 e. The Morgan fingerprint density at radius 1 is 0.970 bits per heavy atom. The number of rotatable bonds is 8. The van der Waals surface area contributed by atoms with Crippen LogP contribution in [0.1, 0.15) is 15.9 Å². The second kappa shape index (κ2) is 10.6. The van der Waals surface area contributed by atoms with E-state index in [1.807, 2.05) is 6.07 Å². The molecular weight excluding hydrogens is 483 g/mol. The van der Waals surface area contributed by atoms with Crippen LogP contribution in [-0.4, -0.2) is 27.6 Å². The minimum absolute atomic E-state index is 0.0515. The summed E-state index contributed by atoms with van der Waals surface area (Å²) in [7, 11) is 0. The van der Waals surface area contributed by atoms with Gasteiger partial charge in [0.15, 0.2) is 10.1 Å². The van der Waals surface area contributed by atoms with E-state index in [9.17, 15) is 14.0 Å². The van der Waals surface area contributed by atoms with Crippen LogP contribution in [0.25, 0.3) is 0 Å². The third-order valence-electron chi connectivity index (χ3n) is 4.38. The van der Waals surface area contributed by atoms with E-state index in [1.165, 1.54) is 35.2 Å². The lowest BCUT2D eigenvalue weighted by atomic mass is 10.0. The fourth-order valence-electron chi connectivity index (χ4n) is 2.87. The first-order chi connectivity index (χ1) is 16.0. The molecule has 0 saturated heterocycles. The molecule has 10 heteroatoms. The molecule has 4 rings (SSSR count). The van der Waals surface area contributed by atoms with E-state index in [-0.39, 0.29) is 17.4 Å². The van der Waals surface area contributed by atoms with Crippen molar-refractivity contribution >= 4 is 62.9 Å². The Hall–Kier alpha value is -3.27. The highest BCUT2D eigenvalue weighted by molar-refractivity contribution is 8.01. The first-order valence-corrected chi connectivity index (χ1v) is 11.8. The number of carbonyl (C=O) groups excluding carboxylic acids is 2. The summed E-state index contributed by atoms with van der Waals surface area (Å²) < 4.78 is 14.3. The van der Waals surface area contributed by atoms with E-state index >= 15 is 0 Å². The molecule has 0 spiro atoms. The Morgan fingerprint density at radius 2 is 1.73 bits per heavy atom. The fourth-order valence-corrected chi connectivity index (χ4v) is 4.60. The molecule has 1 aromatic heterocycles. The number of ketones is 1. The fraction of sp³-hybridized carbons (Fsp3) is 0.0435. The molecule has 0 atom stereocenters. The molecule has 0 bridgehead atoms. The molecule has 33 heavy (non-hydrogen) atoms. The molecule has 0 radical (unpaired) electrons. The molecule has 0 aliphatic heterocycles. The van der Waals surface area contributed by atoms with Crippen LogP contribution < -0.4 is 10.6 Å². The number of aromatic nitrogens is 2. The third-order valence-corrected chi connectivity index (χ3v) is 6.59. The van der Waals surface area contributed by atoms with Gasteiger partial charge in [0.25, 0.3) is 0 Å². The number of thioether (sulfide) groups is 1. The van der Waals surface area contributed by atoms with Gasteiger partial charge < -0.3 is 10.6 Å². The predicted octanol–water partition coefficient (Wildman–Crippen LogP) is 6.04. The zero-order valence-corrected chi connectivity index (χ0v) is 19.3. The highest BCUT2D eigenvalue weighted by atomic mass is 35.5. The van der Waals surface area contributed by atoms with Crippen LogP contribution in [-0.2, 0) is 4.79 Å². The zero-order chi connectivity index (χ0) is 23.2. The predicted molar refractivity (Wildman–Crippen MR) is 130 cm³/mol. The number of halogens is 2. The Labute approximate surface area is 202 Å². The van der Waals surface area contributed by atoms with Crippen molar-refractivity contribution in [1.29, 1.82) is 0 Å². The lowest BCUT2D eigenvalue weighted by molar-refractivity contribution is -0.113. The molecular formula is C23H16ClFN4O2S2. The summed E-state index contributed by atoms with van der Waals surface area (Å²) in [4.78, 5) is 25.4. The first kappa shape index (κ1) is 22.9. The monoisotopic (exact) mass is 498 g/mol. The summed E-state index contributed by atoms with van der Waals surface area (Å²) in [5.41, 5.74) is 1.46. The number of anilines is 3. The van der Waals surface area contributed by atoms with E-state index in [1.54, 1.807) is 54.6 Å². The minimum Gasteiger partial charge on any atom is -0.328 e. The molecule has 2 N–H and O–H groups in total. The van der Waals surface area contributed by atoms with Crippen molar-refractivity contribution < 1.29 is 14.0 Å². The van der Waals surface area contributed by atoms with Crippen LogP contribution in [0.15, 0.2) is 77.1 Å². The van der Waals surface area contributed by atoms with Crippen molar-refractivity contribution in [2.45, 2.75) is 4.34 Å². The number of nitrogens with one attached hydrogen (secondary N) is 2. The van der Waals surface area contributed by atoms with E-state index in [2.05, 4.69) is 20.8 Å². The zero-order valence-electron chi connectivity index (χ0n) is 16.9. The summed E-state index contributed by atoms with van der Waals surface area (Å²) in [5.74, 6) is -0.905. The molecule has 1 amide bonds. The van der Waals surface area contributed by atoms with Crippen molar-refractivity contribution in [3.63, 3.8) is 0 Å². The number of amides is 1. The van der Waals surface area contributed by atoms with E-state index < -0.39 is 5.82 Å². The van der Waals surface area contributed by atoms with Gasteiger partial charge in [0.2, 0.25) is 11.0 Å². The highest BCUT2D eigenvalue weighted by Crippen LogP contribution is 2.29. The average molecular weight is 499 g/mol. The van der Waals surface area contributed by atoms with E-state index in [0.29, 0.717) is 37.0 Å². The van der Waals surface area contributed by atoms with E-state index in [4.69, 9.17) is 11.6 Å². The normalized spacial score (nSPS) is 10.6. The molecule has 166 valence electrons. The second-order valence-electron chi connectivity index (χ2n) is 6.70. The Balaban J connectivity index is 1.39. The summed E-state index contributed by atoms with van der Waals surface area (Å²) in [6, 6.07) is 19.7. The quantitative estimate of drug-likeness (QED) is 0.228. The highest BCUT2D eigenvalue weighted by Gasteiger charge is 2.17. The van der Waals surface area contributed by atoms with Gasteiger partial charge in [0, 0.05) is 16.1 Å². The van der Waals surface area contributed by atoms with Gasteiger partial charge >= 0.3 is 0 Å². The van der Waals surface area contributed by atoms with Gasteiger partial charge in [-0.1, -0.05) is 77.2 Å². The van der Waals surface area contributed by atoms with Gasteiger partial charge in [-0.2, -0.15) is 0 Å². The van der Waals surface area contributed by atoms with E-state index in [0.717, 1.165) is 0 Å². The second-order valence-corrected chi connectivity index (χ2v) is 9.34. The molecule has 6 nitrogen and oxygen atoms in total. The minimum atomic E-state index is -0.398. The third kappa shape index (κ3) is 5.95. The topological polar surface area (TPSA) is 84.0 Å². The number of hydrogen-bond acceptors (Lipinski definition) is 7. The van der Waals surface area contributed by atoms with Gasteiger partial charge in [-0.05, 0) is 30.3 Å². The first-order valence-electron chi connectivity index (χ1n) is 9.66. The molecule has 0 aliphatic rings. The summed E-state index contributed by atoms with van der Waals surface area (Å²) in [6.45, 7) is 0. The molecule has 0 unspecified atom stereocenters. The maximum Gasteiger partial charge on any atom is 0.234 e. The van der Waals surface area contributed by atoms with Gasteiger partial charge in [0.1, 0.15) is 5.82 Å². The number of benzene rings is 3. The lowest BCUT2D eigenvalue weighted by Crippen LogP contribution is -2.17. The number of para-hydroxylation sites is 1. The van der Waals surface area contributed by atoms with Gasteiger partial charge in [-0.25, -0.2) is 4.39 Å². The molecule has 0 aliphatic carbocycles. The lowest BCUT2D eigenvalue weighted by Gasteiger charge is -2.11. The molecule has 1 heterocycles. The van der Waals surface area contributed by atoms with Crippen molar-refractivity contribution in [3.05, 3.63) is 94.8 Å². The summed E-state index contributed by atoms with van der Waals surface area (Å²) in [6.07, 6.45) is 0. The van der Waals surface area contributed by atoms with Gasteiger partial charge in [-0.15, -0.1) is 10.2 Å². The summed E-state index contributed by atoms with van der Waals surface area (Å²) in [5, 5.41) is 14.4. The van der Waals surface area contributed by atoms with Crippen LogP contribution in [0, 0.1) is 5.82 Å². The van der Waals surface area contributed by atoms with Crippen LogP contribution in [0.2, 0.25) is 5.02 Å². The maximum absolute atomic E-state index is 13.8. The Bertz CT molecular complexity index is 1300. The maximum atomic E-state index is 13.8. The SMILES string of the molecule is O=C(CSc1nnc(Nc2ccccc2F)s1)Nc1ccc(Cl)cc1C(=O)c1ccccc1. The van der Waals surface area contributed by atoms with Crippen molar-refractivity contribution in [2.75, 3.05) is 16.4 Å². The molecule has 3 aromatic carbocycles. The van der Waals surface area contributed by atoms with Crippen molar-refractivity contribution in [2.24, 2.45) is 0 Å². The van der Waals surface area contributed by atoms with Gasteiger partial charge in [-0.3, -0.25) is 9.59 Å². The molecule has 0 saturated carbocycles. The van der Waals surface area contributed by atoms with Gasteiger partial charge in [0.05, 0.1) is 17.1 Å². The Morgan fingerprint density at radius 3 is 2.52 bits per heavy atom. The van der Waals surface area contributed by atoms with Crippen LogP contribution in [0.4, 0.5) is 20.9 Å². The number of hydrogen-bond donors (Lipinski definition) is 2. The van der Waals surface area contributed by atoms with Crippen molar-refractivity contribution in [1.82, 2.24) is 10.2 Å². The summed E-state index contributed by atoms with van der Waals surface area (Å²) >= 11 is 8.47. The van der Waals surface area contributed by atoms with Crippen LogP contribution in [0.3, 0.4) is 0 Å². The van der Waals surface area contributed by atoms with Crippen LogP contribution in [0.5, 0.6) is 0 Å². The largest absolute Gasteiger partial charge is 0.328 e. The molecule has 4 aromatic rings. The Kier molecular flexibility index (Phi) is 7.33. The number of carbonyl (C=O) groups is 2.